The van der Waals surface area contributed by atoms with Crippen molar-refractivity contribution in [3.63, 3.8) is 0 Å². The summed E-state index contributed by atoms with van der Waals surface area (Å²) in [4.78, 5) is 0. The van der Waals surface area contributed by atoms with E-state index in [0.717, 1.165) is 49.0 Å². The Bertz CT molecular complexity index is 379. The summed E-state index contributed by atoms with van der Waals surface area (Å²) in [5.41, 5.74) is 0. The normalized spacial score (nSPS) is 10.4. The first kappa shape index (κ1) is 7.96. The molecule has 0 spiro atoms. The third kappa shape index (κ3) is 1.74. The van der Waals surface area contributed by atoms with Crippen LogP contribution in [0.3, 0.4) is 0 Å². The Morgan fingerprint density at radius 2 is 1.55 bits per heavy atom. The Morgan fingerprint density at radius 3 is 2.36 bits per heavy atom. The quantitative estimate of drug-likeness (QED) is 0.522. The van der Waals surface area contributed by atoms with Crippen LogP contribution >= 0.6 is 0 Å². The zero-order valence-electron chi connectivity index (χ0n) is 6.54. The number of hydrogen-bond donors (Lipinski definition) is 0. The van der Waals surface area contributed by atoms with Crippen molar-refractivity contribution in [3.05, 3.63) is 42.5 Å². The SMILES string of the molecule is [K][c]1ccc2ccccc2c1. The molecule has 11 heavy (non-hydrogen) atoms. The summed E-state index contributed by atoms with van der Waals surface area (Å²) in [5.74, 6) is 0. The van der Waals surface area contributed by atoms with Gasteiger partial charge in [-0.25, -0.2) is 0 Å². The van der Waals surface area contributed by atoms with E-state index in [1.807, 2.05) is 0 Å². The molecule has 0 aliphatic heterocycles. The van der Waals surface area contributed by atoms with Crippen LogP contribution in [0.2, 0.25) is 0 Å². The van der Waals surface area contributed by atoms with Gasteiger partial charge in [-0.05, 0) is 0 Å². The van der Waals surface area contributed by atoms with E-state index in [1.54, 1.807) is 0 Å². The Morgan fingerprint density at radius 1 is 0.818 bits per heavy atom. The topological polar surface area (TPSA) is 0 Å². The van der Waals surface area contributed by atoms with Crippen molar-refractivity contribution in [1.29, 1.82) is 0 Å². The van der Waals surface area contributed by atoms with E-state index >= 15 is 0 Å². The Kier molecular flexibility index (Phi) is 2.44. The van der Waals surface area contributed by atoms with Gasteiger partial charge in [-0.15, -0.1) is 0 Å². The van der Waals surface area contributed by atoms with Gasteiger partial charge in [0.25, 0.3) is 0 Å². The van der Waals surface area contributed by atoms with Gasteiger partial charge in [-0.1, -0.05) is 0 Å². The molecule has 0 aromatic heterocycles. The molecule has 0 amide bonds. The predicted octanol–water partition coefficient (Wildman–Crippen LogP) is 1.63. The Balaban J connectivity index is 2.83. The van der Waals surface area contributed by atoms with Crippen LogP contribution < -0.4 is -0.342 Å². The maximum atomic E-state index is 2.29. The molecule has 0 fully saturated rings. The molecule has 0 aliphatic carbocycles. The summed E-state index contributed by atoms with van der Waals surface area (Å²) >= 11 is 0.803. The first-order chi connectivity index (χ1) is 5.36. The maximum absolute atomic E-state index is 2.29. The molecule has 0 unspecified atom stereocenters. The average molecular weight is 166 g/mol. The first-order valence-electron chi connectivity index (χ1n) is 3.82. The van der Waals surface area contributed by atoms with E-state index < -0.39 is 0 Å². The van der Waals surface area contributed by atoms with Crippen LogP contribution in [0.1, 0.15) is 0 Å². The minimum absolute atomic E-state index is 0.803. The minimum atomic E-state index is 0.803. The molecule has 0 aliphatic rings. The number of hydrogen-bond acceptors (Lipinski definition) is 0. The fourth-order valence-electron chi connectivity index (χ4n) is 1.31. The molecular weight excluding hydrogens is 159 g/mol. The van der Waals surface area contributed by atoms with E-state index in [2.05, 4.69) is 42.5 Å². The summed E-state index contributed by atoms with van der Waals surface area (Å²) in [5, 5.41) is 2.72. The molecule has 0 N–H and O–H groups in total. The zero-order chi connectivity index (χ0) is 7.68. The van der Waals surface area contributed by atoms with Gasteiger partial charge in [0.2, 0.25) is 0 Å². The van der Waals surface area contributed by atoms with E-state index in [9.17, 15) is 0 Å². The van der Waals surface area contributed by atoms with Gasteiger partial charge in [0.1, 0.15) is 0 Å². The van der Waals surface area contributed by atoms with Crippen LogP contribution in [0, 0.1) is 0 Å². The van der Waals surface area contributed by atoms with E-state index in [0.29, 0.717) is 0 Å². The Labute approximate surface area is 100 Å². The van der Waals surface area contributed by atoms with Crippen LogP contribution in [0.25, 0.3) is 10.8 Å². The molecule has 0 radical (unpaired) electrons. The van der Waals surface area contributed by atoms with Crippen LogP contribution in [-0.4, -0.2) is 49.0 Å². The second kappa shape index (κ2) is 3.38. The van der Waals surface area contributed by atoms with E-state index in [1.165, 1.54) is 10.4 Å². The van der Waals surface area contributed by atoms with E-state index in [-0.39, 0.29) is 0 Å². The Hall–Kier alpha value is 0.336. The molecule has 2 rings (SSSR count). The monoisotopic (exact) mass is 166 g/mol. The van der Waals surface area contributed by atoms with Gasteiger partial charge < -0.3 is 0 Å². The van der Waals surface area contributed by atoms with Gasteiger partial charge in [-0.2, -0.15) is 0 Å². The summed E-state index contributed by atoms with van der Waals surface area (Å²) < 4.78 is 1.51. The van der Waals surface area contributed by atoms with Crippen molar-refractivity contribution in [2.24, 2.45) is 0 Å². The van der Waals surface area contributed by atoms with E-state index in [4.69, 9.17) is 0 Å². The summed E-state index contributed by atoms with van der Waals surface area (Å²) in [6, 6.07) is 15.2. The van der Waals surface area contributed by atoms with Crippen molar-refractivity contribution in [2.75, 3.05) is 0 Å². The molecule has 0 nitrogen and oxygen atoms in total. The number of benzene rings is 2. The molecule has 48 valence electrons. The van der Waals surface area contributed by atoms with Gasteiger partial charge in [0.15, 0.2) is 0 Å². The van der Waals surface area contributed by atoms with Gasteiger partial charge >= 0.3 is 102 Å². The van der Waals surface area contributed by atoms with Crippen molar-refractivity contribution >= 4 is 59.4 Å². The summed E-state index contributed by atoms with van der Waals surface area (Å²) in [6.45, 7) is 0. The van der Waals surface area contributed by atoms with Crippen molar-refractivity contribution < 1.29 is 0 Å². The van der Waals surface area contributed by atoms with Crippen molar-refractivity contribution in [2.45, 2.75) is 0 Å². The van der Waals surface area contributed by atoms with Crippen LogP contribution in [-0.2, 0) is 0 Å². The summed E-state index contributed by atoms with van der Waals surface area (Å²) in [7, 11) is 0. The van der Waals surface area contributed by atoms with Gasteiger partial charge in [0.05, 0.1) is 0 Å². The number of fused-ring (bicyclic) bond motifs is 1. The average Bonchev–Trinajstić information content (AvgIpc) is 2.04. The molecule has 0 saturated carbocycles. The zero-order valence-corrected chi connectivity index (χ0v) is 9.66. The molecule has 0 bridgehead atoms. The van der Waals surface area contributed by atoms with Crippen LogP contribution in [0.4, 0.5) is 0 Å². The van der Waals surface area contributed by atoms with Crippen molar-refractivity contribution in [3.8, 4) is 0 Å². The molecular formula is C10H7K. The standard InChI is InChI=1S/C10H7.K/c1-2-6-10-8-4-3-7-9(10)5-1;/h1-3,5-8H;. The van der Waals surface area contributed by atoms with Gasteiger partial charge in [-0.3, -0.25) is 0 Å². The second-order valence-electron chi connectivity index (χ2n) is 2.85. The molecule has 2 aromatic rings. The fraction of sp³-hybridized carbons (Fsp3) is 0. The first-order valence-corrected chi connectivity index (χ1v) is 5.38. The molecule has 0 atom stereocenters. The molecule has 0 heterocycles. The molecule has 0 saturated heterocycles. The van der Waals surface area contributed by atoms with Crippen LogP contribution in [0.5, 0.6) is 0 Å². The fourth-order valence-corrected chi connectivity index (χ4v) is 2.05. The second-order valence-corrected chi connectivity index (χ2v) is 4.65. The van der Waals surface area contributed by atoms with Gasteiger partial charge in [0, 0.05) is 0 Å². The molecule has 2 aromatic carbocycles. The molecule has 1 heteroatoms. The predicted molar refractivity (Wildman–Crippen MR) is 49.3 cm³/mol. The summed E-state index contributed by atoms with van der Waals surface area (Å²) in [6.07, 6.45) is 0. The number of rotatable bonds is 0. The van der Waals surface area contributed by atoms with Crippen LogP contribution in [0.15, 0.2) is 42.5 Å². The van der Waals surface area contributed by atoms with Crippen molar-refractivity contribution in [1.82, 2.24) is 0 Å². The third-order valence-corrected chi connectivity index (χ3v) is 2.88. The third-order valence-electron chi connectivity index (χ3n) is 1.90.